The van der Waals surface area contributed by atoms with E-state index in [0.29, 0.717) is 59.9 Å². The molecule has 3 aliphatic rings. The van der Waals surface area contributed by atoms with Crippen LogP contribution < -0.4 is 14.3 Å². The van der Waals surface area contributed by atoms with Crippen LogP contribution in [-0.4, -0.2) is 94.9 Å². The van der Waals surface area contributed by atoms with Crippen molar-refractivity contribution >= 4 is 46.8 Å². The summed E-state index contributed by atoms with van der Waals surface area (Å²) in [7, 11) is 0. The van der Waals surface area contributed by atoms with Crippen LogP contribution in [0.1, 0.15) is 23.3 Å². The van der Waals surface area contributed by atoms with E-state index < -0.39 is 41.4 Å². The average Bonchev–Trinajstić information content (AvgIpc) is 3.38. The molecule has 2 fully saturated rings. The van der Waals surface area contributed by atoms with Gasteiger partial charge < -0.3 is 29.2 Å². The number of fused-ring (bicyclic) bond motifs is 2. The lowest BCUT2D eigenvalue weighted by Crippen LogP contribution is -2.43. The zero-order chi connectivity index (χ0) is 27.0. The Morgan fingerprint density at radius 1 is 1.13 bits per heavy atom. The number of rotatable bonds is 8. The van der Waals surface area contributed by atoms with Crippen LogP contribution in [0, 0.1) is 5.92 Å². The van der Waals surface area contributed by atoms with E-state index in [2.05, 4.69) is 4.98 Å². The molecule has 0 spiro atoms. The van der Waals surface area contributed by atoms with E-state index >= 15 is 0 Å². The summed E-state index contributed by atoms with van der Waals surface area (Å²) in [5.41, 5.74) is 0.602. The molecule has 2 aromatic rings. The number of carboxylic acids is 1. The summed E-state index contributed by atoms with van der Waals surface area (Å²) in [6, 6.07) is 5.02. The second-order valence-corrected chi connectivity index (χ2v) is 11.0. The first-order valence-corrected chi connectivity index (χ1v) is 13.7. The predicted molar refractivity (Wildman–Crippen MR) is 135 cm³/mol. The summed E-state index contributed by atoms with van der Waals surface area (Å²) in [5, 5.41) is 8.84. The fourth-order valence-corrected chi connectivity index (χ4v) is 7.41. The summed E-state index contributed by atoms with van der Waals surface area (Å²) in [5.74, 6) is -3.55. The number of hydrogen-bond acceptors (Lipinski definition) is 10. The Balaban J connectivity index is 1.47. The van der Waals surface area contributed by atoms with Crippen molar-refractivity contribution in [1.29, 1.82) is 0 Å². The zero-order valence-electron chi connectivity index (χ0n) is 20.3. The van der Waals surface area contributed by atoms with Gasteiger partial charge in [0.05, 0.1) is 30.8 Å². The SMILES string of the molecule is CCOc1cc([C@@H]2c3sc(=O)[nH]c3S[C@@H]3C(=O)N(CC(=O)O)C(=O)[C@H]23)ccc1OCC(=O)N1CCOCC1. The molecule has 38 heavy (non-hydrogen) atoms. The number of benzene rings is 1. The van der Waals surface area contributed by atoms with Crippen LogP contribution in [0.3, 0.4) is 0 Å². The molecular weight excluding hydrogens is 538 g/mol. The van der Waals surface area contributed by atoms with Gasteiger partial charge >= 0.3 is 10.8 Å². The molecule has 5 rings (SSSR count). The van der Waals surface area contributed by atoms with E-state index in [0.717, 1.165) is 28.0 Å². The summed E-state index contributed by atoms with van der Waals surface area (Å²) in [4.78, 5) is 67.9. The quantitative estimate of drug-likeness (QED) is 0.440. The number of hydrogen-bond donors (Lipinski definition) is 2. The Hall–Kier alpha value is -3.36. The lowest BCUT2D eigenvalue weighted by Gasteiger charge is -2.30. The average molecular weight is 564 g/mol. The lowest BCUT2D eigenvalue weighted by molar-refractivity contribution is -0.149. The smallest absolute Gasteiger partial charge is 0.323 e. The third-order valence-corrected chi connectivity index (χ3v) is 8.95. The first-order chi connectivity index (χ1) is 18.3. The molecule has 202 valence electrons. The number of amides is 3. The molecule has 2 N–H and O–H groups in total. The number of H-pyrrole nitrogens is 1. The minimum absolute atomic E-state index is 0.178. The number of thiazole rings is 1. The van der Waals surface area contributed by atoms with Crippen LogP contribution in [0.15, 0.2) is 28.0 Å². The highest BCUT2D eigenvalue weighted by atomic mass is 32.2. The minimum atomic E-state index is -1.29. The van der Waals surface area contributed by atoms with Crippen molar-refractivity contribution in [3.63, 3.8) is 0 Å². The molecule has 3 atom stereocenters. The number of morpholine rings is 1. The van der Waals surface area contributed by atoms with Gasteiger partial charge in [0.2, 0.25) is 11.8 Å². The van der Waals surface area contributed by atoms with Gasteiger partial charge in [-0.3, -0.25) is 28.9 Å². The van der Waals surface area contributed by atoms with Crippen LogP contribution in [0.25, 0.3) is 0 Å². The predicted octanol–water partition coefficient (Wildman–Crippen LogP) is 0.749. The second kappa shape index (κ2) is 10.8. The number of carbonyl (C=O) groups is 4. The largest absolute Gasteiger partial charge is 0.490 e. The number of aliphatic carboxylic acids is 1. The van der Waals surface area contributed by atoms with Gasteiger partial charge in [-0.15, -0.1) is 0 Å². The summed E-state index contributed by atoms with van der Waals surface area (Å²) in [6.07, 6.45) is 0. The Bertz CT molecular complexity index is 1330. The number of nitrogens with one attached hydrogen (secondary N) is 1. The number of likely N-dealkylation sites (tertiary alicyclic amines) is 1. The Morgan fingerprint density at radius 2 is 1.89 bits per heavy atom. The second-order valence-electron chi connectivity index (χ2n) is 8.83. The van der Waals surface area contributed by atoms with Crippen molar-refractivity contribution < 1.29 is 38.5 Å². The summed E-state index contributed by atoms with van der Waals surface area (Å²) >= 11 is 2.03. The van der Waals surface area contributed by atoms with Gasteiger partial charge in [0.1, 0.15) is 11.8 Å². The van der Waals surface area contributed by atoms with E-state index in [1.165, 1.54) is 0 Å². The number of carboxylic acid groups (broad SMARTS) is 1. The number of thioether (sulfide) groups is 1. The van der Waals surface area contributed by atoms with Crippen molar-refractivity contribution in [2.24, 2.45) is 5.92 Å². The first kappa shape index (κ1) is 26.3. The molecule has 4 heterocycles. The maximum absolute atomic E-state index is 13.3. The number of imide groups is 1. The highest BCUT2D eigenvalue weighted by Gasteiger charge is 2.56. The van der Waals surface area contributed by atoms with Gasteiger partial charge in [0.15, 0.2) is 18.1 Å². The van der Waals surface area contributed by atoms with E-state index in [9.17, 15) is 29.1 Å². The van der Waals surface area contributed by atoms with E-state index in [4.69, 9.17) is 14.2 Å². The Morgan fingerprint density at radius 3 is 2.61 bits per heavy atom. The summed E-state index contributed by atoms with van der Waals surface area (Å²) in [6.45, 7) is 3.12. The molecule has 0 unspecified atom stereocenters. The zero-order valence-corrected chi connectivity index (χ0v) is 22.0. The molecule has 0 radical (unpaired) electrons. The molecule has 2 saturated heterocycles. The fourth-order valence-electron chi connectivity index (χ4n) is 4.87. The highest BCUT2D eigenvalue weighted by Crippen LogP contribution is 2.53. The van der Waals surface area contributed by atoms with Gasteiger partial charge in [-0.25, -0.2) is 0 Å². The van der Waals surface area contributed by atoms with E-state index in [1.54, 1.807) is 30.0 Å². The summed E-state index contributed by atoms with van der Waals surface area (Å²) < 4.78 is 16.9. The molecule has 14 heteroatoms. The van der Waals surface area contributed by atoms with Crippen molar-refractivity contribution in [1.82, 2.24) is 14.8 Å². The number of ether oxygens (including phenoxy) is 3. The molecule has 1 aromatic heterocycles. The van der Waals surface area contributed by atoms with Crippen molar-refractivity contribution in [2.45, 2.75) is 23.1 Å². The third-order valence-electron chi connectivity index (χ3n) is 6.55. The van der Waals surface area contributed by atoms with Gasteiger partial charge in [0, 0.05) is 23.9 Å². The standard InChI is InChI=1S/C24H25N3O9S2/c1-2-35-14-9-12(3-4-13(14)36-11-15(28)26-5-7-34-8-6-26)17-18-20(37-21-19(17)38-24(33)25-21)23(32)27(22(18)31)10-16(29)30/h3-4,9,17-18,20H,2,5-8,10-11H2,1H3,(H,25,33)(H,29,30)/t17-,18+,20-/m0/s1. The molecular formula is C24H25N3O9S2. The number of aromatic amines is 1. The van der Waals surface area contributed by atoms with Crippen LogP contribution >= 0.6 is 23.1 Å². The monoisotopic (exact) mass is 563 g/mol. The molecule has 1 aromatic carbocycles. The molecule has 0 bridgehead atoms. The molecule has 0 saturated carbocycles. The number of nitrogens with zero attached hydrogens (tertiary/aromatic N) is 2. The van der Waals surface area contributed by atoms with Gasteiger partial charge in [-0.05, 0) is 24.6 Å². The van der Waals surface area contributed by atoms with Gasteiger partial charge in [0.25, 0.3) is 5.91 Å². The fraction of sp³-hybridized carbons (Fsp3) is 0.458. The third kappa shape index (κ3) is 4.90. The first-order valence-electron chi connectivity index (χ1n) is 12.0. The van der Waals surface area contributed by atoms with Crippen molar-refractivity contribution in [3.8, 4) is 11.5 Å². The van der Waals surface area contributed by atoms with Crippen LogP contribution in [0.2, 0.25) is 0 Å². The Kier molecular flexibility index (Phi) is 7.45. The molecule has 12 nitrogen and oxygen atoms in total. The number of carbonyl (C=O) groups excluding carboxylic acids is 3. The number of aromatic nitrogens is 1. The maximum atomic E-state index is 13.3. The van der Waals surface area contributed by atoms with Crippen molar-refractivity contribution in [2.75, 3.05) is 46.1 Å². The normalized spacial score (nSPS) is 22.7. The topological polar surface area (TPSA) is 156 Å². The van der Waals surface area contributed by atoms with Crippen LogP contribution in [0.5, 0.6) is 11.5 Å². The minimum Gasteiger partial charge on any atom is -0.490 e. The highest BCUT2D eigenvalue weighted by molar-refractivity contribution is 8.00. The van der Waals surface area contributed by atoms with Crippen LogP contribution in [0.4, 0.5) is 0 Å². The van der Waals surface area contributed by atoms with Gasteiger partial charge in [-0.1, -0.05) is 29.2 Å². The van der Waals surface area contributed by atoms with Crippen molar-refractivity contribution in [3.05, 3.63) is 38.3 Å². The van der Waals surface area contributed by atoms with E-state index in [-0.39, 0.29) is 17.4 Å². The molecule has 0 aliphatic carbocycles. The molecule has 3 amide bonds. The van der Waals surface area contributed by atoms with E-state index in [1.807, 2.05) is 0 Å². The van der Waals surface area contributed by atoms with Gasteiger partial charge in [-0.2, -0.15) is 0 Å². The Labute approximate surface area is 224 Å². The molecule has 3 aliphatic heterocycles. The maximum Gasteiger partial charge on any atom is 0.323 e. The van der Waals surface area contributed by atoms with Crippen LogP contribution in [-0.2, 0) is 23.9 Å². The lowest BCUT2D eigenvalue weighted by atomic mass is 9.83.